The zero-order valence-corrected chi connectivity index (χ0v) is 18.0. The highest BCUT2D eigenvalue weighted by Crippen LogP contribution is 2.26. The Bertz CT molecular complexity index is 1430. The van der Waals surface area contributed by atoms with Gasteiger partial charge in [-0.1, -0.05) is 30.3 Å². The number of benzene rings is 2. The molecule has 158 valence electrons. The van der Waals surface area contributed by atoms with Gasteiger partial charge >= 0.3 is 0 Å². The van der Waals surface area contributed by atoms with E-state index in [4.69, 9.17) is 0 Å². The van der Waals surface area contributed by atoms with E-state index in [0.717, 1.165) is 16.9 Å². The van der Waals surface area contributed by atoms with E-state index in [1.165, 1.54) is 17.0 Å². The minimum Gasteiger partial charge on any atom is -0.323 e. The van der Waals surface area contributed by atoms with Crippen molar-refractivity contribution >= 4 is 49.5 Å². The number of carbonyl (C=O) groups is 1. The van der Waals surface area contributed by atoms with Crippen molar-refractivity contribution in [2.45, 2.75) is 17.7 Å². The predicted molar refractivity (Wildman–Crippen MR) is 121 cm³/mol. The Morgan fingerprint density at radius 2 is 1.84 bits per heavy atom. The lowest BCUT2D eigenvalue weighted by Gasteiger charge is -2.13. The monoisotopic (exact) mass is 454 g/mol. The van der Waals surface area contributed by atoms with Crippen LogP contribution in [0.15, 0.2) is 75.3 Å². The zero-order valence-electron chi connectivity index (χ0n) is 16.4. The Kier molecular flexibility index (Phi) is 5.57. The average molecular weight is 455 g/mol. The number of hydrogen-bond acceptors (Lipinski definition) is 6. The van der Waals surface area contributed by atoms with Gasteiger partial charge in [-0.25, -0.2) is 13.4 Å². The Morgan fingerprint density at radius 3 is 2.58 bits per heavy atom. The van der Waals surface area contributed by atoms with Gasteiger partial charge in [0.05, 0.1) is 28.6 Å². The molecule has 4 aromatic rings. The van der Waals surface area contributed by atoms with Gasteiger partial charge in [-0.15, -0.1) is 11.3 Å². The van der Waals surface area contributed by atoms with Gasteiger partial charge in [0, 0.05) is 0 Å². The zero-order chi connectivity index (χ0) is 22.0. The minimum absolute atomic E-state index is 0.165. The number of rotatable bonds is 6. The SMILES string of the molecule is Cc1cccc2c(=O)n(CC(=O)Nc3ccccc3NS(=O)(=O)c3cccs3)cnc12. The van der Waals surface area contributed by atoms with Gasteiger partial charge in [-0.3, -0.25) is 18.9 Å². The second-order valence-electron chi connectivity index (χ2n) is 6.78. The van der Waals surface area contributed by atoms with Crippen LogP contribution in [0.4, 0.5) is 11.4 Å². The van der Waals surface area contributed by atoms with Crippen molar-refractivity contribution in [1.29, 1.82) is 0 Å². The van der Waals surface area contributed by atoms with Crippen molar-refractivity contribution in [1.82, 2.24) is 9.55 Å². The number of thiophene rings is 1. The number of carbonyl (C=O) groups excluding carboxylic acids is 1. The highest BCUT2D eigenvalue weighted by molar-refractivity contribution is 7.94. The van der Waals surface area contributed by atoms with Gasteiger partial charge in [-0.05, 0) is 42.1 Å². The molecule has 0 spiro atoms. The van der Waals surface area contributed by atoms with Crippen LogP contribution in [0.3, 0.4) is 0 Å². The molecule has 0 saturated carbocycles. The topological polar surface area (TPSA) is 110 Å². The lowest BCUT2D eigenvalue weighted by atomic mass is 10.1. The van der Waals surface area contributed by atoms with Gasteiger partial charge < -0.3 is 5.32 Å². The Balaban J connectivity index is 1.56. The predicted octanol–water partition coefficient (Wildman–Crippen LogP) is 3.21. The van der Waals surface area contributed by atoms with Crippen LogP contribution in [0.1, 0.15) is 5.56 Å². The first-order valence-corrected chi connectivity index (χ1v) is 11.6. The van der Waals surface area contributed by atoms with Crippen LogP contribution < -0.4 is 15.6 Å². The molecule has 0 radical (unpaired) electrons. The molecule has 8 nitrogen and oxygen atoms in total. The molecule has 1 amide bonds. The van der Waals surface area contributed by atoms with Crippen LogP contribution in [0.5, 0.6) is 0 Å². The molecule has 0 fully saturated rings. The van der Waals surface area contributed by atoms with Crippen molar-refractivity contribution in [2.75, 3.05) is 10.0 Å². The van der Waals surface area contributed by atoms with Crippen LogP contribution in [-0.2, 0) is 21.4 Å². The average Bonchev–Trinajstić information content (AvgIpc) is 3.28. The van der Waals surface area contributed by atoms with Crippen molar-refractivity contribution in [2.24, 2.45) is 0 Å². The number of amides is 1. The summed E-state index contributed by atoms with van der Waals surface area (Å²) in [5.41, 5.74) is 1.65. The molecule has 31 heavy (non-hydrogen) atoms. The highest BCUT2D eigenvalue weighted by atomic mass is 32.2. The van der Waals surface area contributed by atoms with Crippen molar-refractivity contribution in [3.05, 3.63) is 82.2 Å². The second-order valence-corrected chi connectivity index (χ2v) is 9.64. The molecule has 2 aromatic heterocycles. The van der Waals surface area contributed by atoms with Gasteiger partial charge in [0.15, 0.2) is 0 Å². The molecule has 2 heterocycles. The fraction of sp³-hybridized carbons (Fsp3) is 0.0952. The number of sulfonamides is 1. The van der Waals surface area contributed by atoms with Crippen molar-refractivity contribution in [3.8, 4) is 0 Å². The molecule has 2 aromatic carbocycles. The maximum atomic E-state index is 12.7. The van der Waals surface area contributed by atoms with Gasteiger partial charge in [0.2, 0.25) is 5.91 Å². The number of para-hydroxylation sites is 3. The fourth-order valence-corrected chi connectivity index (χ4v) is 5.16. The van der Waals surface area contributed by atoms with Gasteiger partial charge in [0.25, 0.3) is 15.6 Å². The standard InChI is InChI=1S/C21H18N4O4S2/c1-14-6-4-7-15-20(14)22-13-25(21(15)27)12-18(26)23-16-8-2-3-9-17(16)24-31(28,29)19-10-5-11-30-19/h2-11,13,24H,12H2,1H3,(H,23,26). The largest absolute Gasteiger partial charge is 0.323 e. The van der Waals surface area contributed by atoms with Crippen LogP contribution in [0, 0.1) is 6.92 Å². The third-order valence-electron chi connectivity index (χ3n) is 4.57. The molecular formula is C21H18N4O4S2. The molecule has 0 aliphatic heterocycles. The molecule has 0 aliphatic carbocycles. The quantitative estimate of drug-likeness (QED) is 0.465. The van der Waals surface area contributed by atoms with E-state index in [1.54, 1.807) is 47.8 Å². The number of nitrogens with one attached hydrogen (secondary N) is 2. The summed E-state index contributed by atoms with van der Waals surface area (Å²) >= 11 is 1.09. The molecule has 4 rings (SSSR count). The lowest BCUT2D eigenvalue weighted by molar-refractivity contribution is -0.116. The maximum absolute atomic E-state index is 12.7. The summed E-state index contributed by atoms with van der Waals surface area (Å²) in [6.45, 7) is 1.60. The fourth-order valence-electron chi connectivity index (χ4n) is 3.09. The lowest BCUT2D eigenvalue weighted by Crippen LogP contribution is -2.28. The van der Waals surface area contributed by atoms with E-state index in [2.05, 4.69) is 15.0 Å². The third-order valence-corrected chi connectivity index (χ3v) is 7.34. The summed E-state index contributed by atoms with van der Waals surface area (Å²) in [5, 5.41) is 4.76. The van der Waals surface area contributed by atoms with E-state index in [-0.39, 0.29) is 27.7 Å². The van der Waals surface area contributed by atoms with Crippen LogP contribution in [0.2, 0.25) is 0 Å². The summed E-state index contributed by atoms with van der Waals surface area (Å²) in [7, 11) is -3.77. The Morgan fingerprint density at radius 1 is 1.06 bits per heavy atom. The van der Waals surface area contributed by atoms with Crippen LogP contribution in [0.25, 0.3) is 10.9 Å². The van der Waals surface area contributed by atoms with E-state index in [0.29, 0.717) is 10.9 Å². The Labute approximate surface area is 182 Å². The molecule has 0 atom stereocenters. The summed E-state index contributed by atoms with van der Waals surface area (Å²) in [6, 6.07) is 14.9. The Hall–Kier alpha value is -3.50. The number of fused-ring (bicyclic) bond motifs is 1. The van der Waals surface area contributed by atoms with Crippen LogP contribution in [-0.4, -0.2) is 23.9 Å². The van der Waals surface area contributed by atoms with Gasteiger partial charge in [0.1, 0.15) is 10.8 Å². The van der Waals surface area contributed by atoms with Gasteiger partial charge in [-0.2, -0.15) is 0 Å². The molecule has 10 heteroatoms. The number of aryl methyl sites for hydroxylation is 1. The van der Waals surface area contributed by atoms with Crippen LogP contribution >= 0.6 is 11.3 Å². The van der Waals surface area contributed by atoms with E-state index >= 15 is 0 Å². The second kappa shape index (κ2) is 8.32. The summed E-state index contributed by atoms with van der Waals surface area (Å²) < 4.78 is 28.9. The first-order valence-electron chi connectivity index (χ1n) is 9.25. The molecular weight excluding hydrogens is 436 g/mol. The number of hydrogen-bond donors (Lipinski definition) is 2. The molecule has 0 bridgehead atoms. The minimum atomic E-state index is -3.77. The van der Waals surface area contributed by atoms with Crippen molar-refractivity contribution < 1.29 is 13.2 Å². The molecule has 2 N–H and O–H groups in total. The highest BCUT2D eigenvalue weighted by Gasteiger charge is 2.18. The smallest absolute Gasteiger partial charge is 0.271 e. The molecule has 0 unspecified atom stereocenters. The third kappa shape index (κ3) is 4.35. The first-order chi connectivity index (χ1) is 14.8. The summed E-state index contributed by atoms with van der Waals surface area (Å²) in [4.78, 5) is 29.6. The van der Waals surface area contributed by atoms with E-state index < -0.39 is 15.9 Å². The number of anilines is 2. The molecule has 0 saturated heterocycles. The van der Waals surface area contributed by atoms with E-state index in [9.17, 15) is 18.0 Å². The number of nitrogens with zero attached hydrogens (tertiary/aromatic N) is 2. The van der Waals surface area contributed by atoms with Crippen molar-refractivity contribution in [3.63, 3.8) is 0 Å². The first kappa shape index (κ1) is 20.8. The summed E-state index contributed by atoms with van der Waals surface area (Å²) in [6.07, 6.45) is 1.34. The number of aromatic nitrogens is 2. The summed E-state index contributed by atoms with van der Waals surface area (Å²) in [5.74, 6) is -0.487. The normalized spacial score (nSPS) is 11.4. The maximum Gasteiger partial charge on any atom is 0.271 e. The van der Waals surface area contributed by atoms with E-state index in [1.807, 2.05) is 13.0 Å². The molecule has 0 aliphatic rings.